The highest BCUT2D eigenvalue weighted by Gasteiger charge is 2.21. The maximum absolute atomic E-state index is 4.76. The summed E-state index contributed by atoms with van der Waals surface area (Å²) in [6.45, 7) is 0. The van der Waals surface area contributed by atoms with E-state index in [1.165, 1.54) is 0 Å². The zero-order valence-electron chi connectivity index (χ0n) is 21.5. The maximum atomic E-state index is 4.76. The van der Waals surface area contributed by atoms with E-state index in [4.69, 9.17) is 20.0 Å². The van der Waals surface area contributed by atoms with E-state index in [-0.39, 0.29) is 0 Å². The summed E-state index contributed by atoms with van der Waals surface area (Å²) in [7, 11) is 0. The molecule has 0 saturated heterocycles. The van der Waals surface area contributed by atoms with Crippen LogP contribution in [0.25, 0.3) is 0 Å². The van der Waals surface area contributed by atoms with Gasteiger partial charge in [-0.1, -0.05) is 72.8 Å². The van der Waals surface area contributed by atoms with Crippen LogP contribution in [0.5, 0.6) is 0 Å². The molecule has 4 N–H and O–H groups in total. The topological polar surface area (TPSA) is 97.6 Å². The highest BCUT2D eigenvalue weighted by atomic mass is 15.2. The number of para-hydroxylation sites is 4. The molecule has 0 saturated carbocycles. The number of benzene rings is 4. The summed E-state index contributed by atoms with van der Waals surface area (Å²) in [5.74, 6) is 3.76. The first-order valence-electron chi connectivity index (χ1n) is 12.8. The molecule has 0 bridgehead atoms. The molecule has 4 aromatic carbocycles. The summed E-state index contributed by atoms with van der Waals surface area (Å²) < 4.78 is 0. The standard InChI is InChI=1S/C32H26N8/c1-5-13-23(14-6-1)33-29-30(34-24-15-7-2-8-16-24)38-27(37-29)21-22-28-39-31(35-25-17-9-3-10-18-25)32(40-28)36-26-19-11-4-12-20-26/h1-22H,(H,33,37)(H,34,38)(H,35,39)(H,36,40). The second-order valence-corrected chi connectivity index (χ2v) is 8.85. The van der Waals surface area contributed by atoms with E-state index in [1.54, 1.807) is 0 Å². The van der Waals surface area contributed by atoms with Gasteiger partial charge in [-0.3, -0.25) is 0 Å². The average Bonchev–Trinajstić information content (AvgIpc) is 3.56. The van der Waals surface area contributed by atoms with Crippen LogP contribution in [0, 0.1) is 0 Å². The van der Waals surface area contributed by atoms with Gasteiger partial charge in [-0.2, -0.15) is 0 Å². The summed E-state index contributed by atoms with van der Waals surface area (Å²) in [6, 6.07) is 39.3. The number of nitrogens with zero attached hydrogens (tertiary/aromatic N) is 4. The van der Waals surface area contributed by atoms with Crippen LogP contribution in [0.15, 0.2) is 165 Å². The van der Waals surface area contributed by atoms with Gasteiger partial charge >= 0.3 is 0 Å². The average molecular weight is 523 g/mol. The van der Waals surface area contributed by atoms with Crippen molar-refractivity contribution in [2.75, 3.05) is 10.6 Å². The molecule has 0 radical (unpaired) electrons. The largest absolute Gasteiger partial charge is 0.337 e. The van der Waals surface area contributed by atoms with Gasteiger partial charge in [0.05, 0.1) is 11.4 Å². The third kappa shape index (κ3) is 6.20. The van der Waals surface area contributed by atoms with Crippen LogP contribution >= 0.6 is 0 Å². The molecule has 0 amide bonds. The molecule has 0 aliphatic carbocycles. The van der Waals surface area contributed by atoms with Crippen LogP contribution in [-0.2, 0) is 0 Å². The van der Waals surface area contributed by atoms with E-state index in [1.807, 2.05) is 133 Å². The van der Waals surface area contributed by atoms with Crippen LogP contribution in [0.1, 0.15) is 0 Å². The summed E-state index contributed by atoms with van der Waals surface area (Å²) in [6.07, 6.45) is 3.72. The number of aliphatic imine (C=N–C) groups is 4. The van der Waals surface area contributed by atoms with Crippen molar-refractivity contribution in [3.63, 3.8) is 0 Å². The molecule has 2 aliphatic heterocycles. The van der Waals surface area contributed by atoms with Crippen LogP contribution in [-0.4, -0.2) is 23.3 Å². The molecule has 40 heavy (non-hydrogen) atoms. The number of anilines is 2. The van der Waals surface area contributed by atoms with E-state index in [9.17, 15) is 0 Å². The summed E-state index contributed by atoms with van der Waals surface area (Å²) >= 11 is 0. The molecule has 2 heterocycles. The number of nitrogens with one attached hydrogen (secondary N) is 4. The Morgan fingerprint density at radius 2 is 0.825 bits per heavy atom. The third-order valence-corrected chi connectivity index (χ3v) is 5.87. The SMILES string of the molecule is C(/C=C1\N=C(Nc2ccccc2)C(=Nc2ccccc2)N1)=C1/N=C(Nc2ccccc2)C(=Nc2ccccc2)N1. The Kier molecular flexibility index (Phi) is 7.21. The van der Waals surface area contributed by atoms with Gasteiger partial charge in [0.25, 0.3) is 0 Å². The number of hydrogen-bond acceptors (Lipinski definition) is 6. The predicted octanol–water partition coefficient (Wildman–Crippen LogP) is 6.36. The van der Waals surface area contributed by atoms with E-state index in [0.29, 0.717) is 35.0 Å². The Morgan fingerprint density at radius 3 is 1.20 bits per heavy atom. The van der Waals surface area contributed by atoms with Gasteiger partial charge < -0.3 is 21.3 Å². The van der Waals surface area contributed by atoms with Crippen LogP contribution < -0.4 is 21.3 Å². The van der Waals surface area contributed by atoms with Crippen molar-refractivity contribution in [1.82, 2.24) is 10.6 Å². The molecule has 0 atom stereocenters. The fraction of sp³-hybridized carbons (Fsp3) is 0. The fourth-order valence-corrected chi connectivity index (χ4v) is 4.00. The molecule has 194 valence electrons. The van der Waals surface area contributed by atoms with Crippen molar-refractivity contribution >= 4 is 46.1 Å². The van der Waals surface area contributed by atoms with Crippen molar-refractivity contribution < 1.29 is 0 Å². The highest BCUT2D eigenvalue weighted by molar-refractivity contribution is 6.47. The highest BCUT2D eigenvalue weighted by Crippen LogP contribution is 2.18. The Balaban J connectivity index is 1.29. The smallest absolute Gasteiger partial charge is 0.176 e. The molecule has 0 spiro atoms. The molecule has 0 aromatic heterocycles. The number of rotatable bonds is 5. The monoisotopic (exact) mass is 522 g/mol. The molecule has 0 unspecified atom stereocenters. The lowest BCUT2D eigenvalue weighted by Gasteiger charge is -2.06. The lowest BCUT2D eigenvalue weighted by Crippen LogP contribution is -2.28. The lowest BCUT2D eigenvalue weighted by atomic mass is 10.3. The zero-order chi connectivity index (χ0) is 27.0. The summed E-state index contributed by atoms with van der Waals surface area (Å²) in [5, 5.41) is 13.3. The minimum atomic E-state index is 0.625. The van der Waals surface area contributed by atoms with Gasteiger partial charge in [0.1, 0.15) is 11.6 Å². The minimum Gasteiger partial charge on any atom is -0.337 e. The van der Waals surface area contributed by atoms with Crippen molar-refractivity contribution in [1.29, 1.82) is 0 Å². The first-order valence-corrected chi connectivity index (χ1v) is 12.8. The van der Waals surface area contributed by atoms with E-state index < -0.39 is 0 Å². The van der Waals surface area contributed by atoms with Gasteiger partial charge in [-0.25, -0.2) is 20.0 Å². The lowest BCUT2D eigenvalue weighted by molar-refractivity contribution is 1.10. The second kappa shape index (κ2) is 11.7. The van der Waals surface area contributed by atoms with Crippen LogP contribution in [0.4, 0.5) is 22.7 Å². The molecule has 8 nitrogen and oxygen atoms in total. The normalized spacial score (nSPS) is 18.4. The van der Waals surface area contributed by atoms with Gasteiger partial charge in [-0.15, -0.1) is 0 Å². The Hall–Kier alpha value is -5.76. The predicted molar refractivity (Wildman–Crippen MR) is 165 cm³/mol. The quantitative estimate of drug-likeness (QED) is 0.245. The number of hydrogen-bond donors (Lipinski definition) is 4. The van der Waals surface area contributed by atoms with Gasteiger partial charge in [0, 0.05) is 11.4 Å². The summed E-state index contributed by atoms with van der Waals surface area (Å²) in [4.78, 5) is 19.0. The Morgan fingerprint density at radius 1 is 0.475 bits per heavy atom. The van der Waals surface area contributed by atoms with E-state index >= 15 is 0 Å². The van der Waals surface area contributed by atoms with Crippen molar-refractivity contribution in [2.45, 2.75) is 0 Å². The van der Waals surface area contributed by atoms with Gasteiger partial charge in [0.15, 0.2) is 23.3 Å². The number of amidine groups is 4. The second-order valence-electron chi connectivity index (χ2n) is 8.85. The Labute approximate surface area is 232 Å². The Bertz CT molecular complexity index is 1530. The van der Waals surface area contributed by atoms with Crippen molar-refractivity contribution in [2.24, 2.45) is 20.0 Å². The van der Waals surface area contributed by atoms with E-state index in [0.717, 1.165) is 22.7 Å². The molecular weight excluding hydrogens is 496 g/mol. The molecular formula is C32H26N8. The van der Waals surface area contributed by atoms with E-state index in [2.05, 4.69) is 21.3 Å². The first kappa shape index (κ1) is 24.6. The van der Waals surface area contributed by atoms with Crippen molar-refractivity contribution in [3.05, 3.63) is 145 Å². The van der Waals surface area contributed by atoms with Gasteiger partial charge in [-0.05, 0) is 60.7 Å². The fourth-order valence-electron chi connectivity index (χ4n) is 4.00. The molecule has 4 aromatic rings. The third-order valence-electron chi connectivity index (χ3n) is 5.87. The van der Waals surface area contributed by atoms with Crippen LogP contribution in [0.3, 0.4) is 0 Å². The van der Waals surface area contributed by atoms with Gasteiger partial charge in [0.2, 0.25) is 0 Å². The zero-order valence-corrected chi connectivity index (χ0v) is 21.5. The number of allylic oxidation sites excluding steroid dienone is 2. The summed E-state index contributed by atoms with van der Waals surface area (Å²) in [5.41, 5.74) is 3.49. The molecule has 0 fully saturated rings. The van der Waals surface area contributed by atoms with Crippen molar-refractivity contribution in [3.8, 4) is 0 Å². The maximum Gasteiger partial charge on any atom is 0.176 e. The molecule has 8 heteroatoms. The van der Waals surface area contributed by atoms with Crippen LogP contribution in [0.2, 0.25) is 0 Å². The molecule has 6 rings (SSSR count). The molecule has 2 aliphatic rings. The minimum absolute atomic E-state index is 0.625. The first-order chi connectivity index (χ1) is 19.8.